The van der Waals surface area contributed by atoms with Crippen molar-refractivity contribution in [3.8, 4) is 0 Å². The van der Waals surface area contributed by atoms with E-state index in [1.165, 1.54) is 7.11 Å². The van der Waals surface area contributed by atoms with Gasteiger partial charge in [-0.05, 0) is 6.92 Å². The molecule has 0 bridgehead atoms. The SMILES string of the molecule is CCOP([O-])(=S)OC. The van der Waals surface area contributed by atoms with E-state index >= 15 is 0 Å². The molecule has 0 aromatic rings. The molecule has 0 aromatic carbocycles. The smallest absolute Gasteiger partial charge is 0.115 e. The molecule has 0 rings (SSSR count). The number of rotatable bonds is 3. The van der Waals surface area contributed by atoms with E-state index in [-0.39, 0.29) is 0 Å². The zero-order valence-electron chi connectivity index (χ0n) is 4.79. The minimum absolute atomic E-state index is 0.328. The van der Waals surface area contributed by atoms with Crippen molar-refractivity contribution in [2.45, 2.75) is 6.92 Å². The lowest BCUT2D eigenvalue weighted by Crippen LogP contribution is -2.04. The van der Waals surface area contributed by atoms with Crippen LogP contribution in [0.5, 0.6) is 0 Å². The van der Waals surface area contributed by atoms with Gasteiger partial charge in [0.05, 0.1) is 6.61 Å². The van der Waals surface area contributed by atoms with E-state index in [1.54, 1.807) is 6.92 Å². The Labute approximate surface area is 53.9 Å². The second-order valence-electron chi connectivity index (χ2n) is 1.05. The van der Waals surface area contributed by atoms with E-state index in [4.69, 9.17) is 0 Å². The van der Waals surface area contributed by atoms with Crippen LogP contribution in [0.25, 0.3) is 0 Å². The third kappa shape index (κ3) is 3.52. The highest BCUT2D eigenvalue weighted by Gasteiger charge is 1.95. The first-order valence-electron chi connectivity index (χ1n) is 2.13. The highest BCUT2D eigenvalue weighted by molar-refractivity contribution is 8.06. The van der Waals surface area contributed by atoms with Crippen molar-refractivity contribution in [2.24, 2.45) is 0 Å². The van der Waals surface area contributed by atoms with Crippen LogP contribution in [0.4, 0.5) is 0 Å². The Hall–Kier alpha value is 0.530. The van der Waals surface area contributed by atoms with Crippen LogP contribution in [0.2, 0.25) is 0 Å². The van der Waals surface area contributed by atoms with Crippen LogP contribution in [0.3, 0.4) is 0 Å². The van der Waals surface area contributed by atoms with Gasteiger partial charge in [-0.15, -0.1) is 0 Å². The molecule has 0 radical (unpaired) electrons. The first-order valence-corrected chi connectivity index (χ1v) is 4.69. The summed E-state index contributed by atoms with van der Waals surface area (Å²) >= 11 is 4.35. The average molecular weight is 155 g/mol. The molecule has 8 heavy (non-hydrogen) atoms. The Bertz CT molecular complexity index is 105. The summed E-state index contributed by atoms with van der Waals surface area (Å²) in [5, 5.41) is 0. The topological polar surface area (TPSA) is 41.5 Å². The maximum Gasteiger partial charge on any atom is 0.115 e. The lowest BCUT2D eigenvalue weighted by Gasteiger charge is -2.23. The van der Waals surface area contributed by atoms with Crippen molar-refractivity contribution in [1.29, 1.82) is 0 Å². The lowest BCUT2D eigenvalue weighted by atomic mass is 10.9. The Morgan fingerprint density at radius 1 is 1.75 bits per heavy atom. The van der Waals surface area contributed by atoms with Gasteiger partial charge in [0, 0.05) is 7.11 Å². The second kappa shape index (κ2) is 3.54. The summed E-state index contributed by atoms with van der Waals surface area (Å²) in [4.78, 5) is 10.6. The van der Waals surface area contributed by atoms with Crippen LogP contribution < -0.4 is 4.89 Å². The van der Waals surface area contributed by atoms with Gasteiger partial charge in [0.1, 0.15) is 6.72 Å². The van der Waals surface area contributed by atoms with Crippen molar-refractivity contribution in [3.05, 3.63) is 0 Å². The molecule has 0 saturated heterocycles. The first-order chi connectivity index (χ1) is 3.62. The van der Waals surface area contributed by atoms with Gasteiger partial charge in [0.15, 0.2) is 0 Å². The Balaban J connectivity index is 3.55. The Morgan fingerprint density at radius 3 is 2.38 bits per heavy atom. The molecule has 50 valence electrons. The molecule has 0 amide bonds. The normalized spacial score (nSPS) is 17.9. The van der Waals surface area contributed by atoms with Crippen LogP contribution in [0, 0.1) is 0 Å². The fourth-order valence-electron chi connectivity index (χ4n) is 0.211. The van der Waals surface area contributed by atoms with Crippen LogP contribution >= 0.6 is 6.72 Å². The average Bonchev–Trinajstić information content (AvgIpc) is 1.67. The molecule has 0 fully saturated rings. The fourth-order valence-corrected chi connectivity index (χ4v) is 0.949. The van der Waals surface area contributed by atoms with Crippen LogP contribution in [-0.2, 0) is 20.9 Å². The zero-order valence-corrected chi connectivity index (χ0v) is 6.50. The standard InChI is InChI=1S/C3H9O3PS/c1-3-6-7(4,8)5-2/h3H2,1-2H3,(H,4,8)/p-1. The number of hydrogen-bond donors (Lipinski definition) is 0. The Kier molecular flexibility index (Phi) is 3.77. The molecular weight excluding hydrogens is 147 g/mol. The molecule has 1 atom stereocenters. The maximum atomic E-state index is 10.6. The van der Waals surface area contributed by atoms with Crippen molar-refractivity contribution in [1.82, 2.24) is 0 Å². The summed E-state index contributed by atoms with van der Waals surface area (Å²) in [5.74, 6) is 0. The zero-order chi connectivity index (χ0) is 6.62. The molecule has 0 spiro atoms. The van der Waals surface area contributed by atoms with Crippen molar-refractivity contribution in [3.63, 3.8) is 0 Å². The van der Waals surface area contributed by atoms with Gasteiger partial charge in [-0.25, -0.2) is 0 Å². The minimum atomic E-state index is -3.09. The molecule has 0 heterocycles. The van der Waals surface area contributed by atoms with Crippen LogP contribution in [-0.4, -0.2) is 13.7 Å². The van der Waals surface area contributed by atoms with Crippen molar-refractivity contribution >= 4 is 18.5 Å². The van der Waals surface area contributed by atoms with Gasteiger partial charge >= 0.3 is 0 Å². The molecular formula is C3H8O3PS-. The van der Waals surface area contributed by atoms with E-state index < -0.39 is 6.72 Å². The summed E-state index contributed by atoms with van der Waals surface area (Å²) in [5.41, 5.74) is 0. The van der Waals surface area contributed by atoms with Crippen LogP contribution in [0.1, 0.15) is 6.92 Å². The second-order valence-corrected chi connectivity index (χ2v) is 3.91. The molecule has 3 nitrogen and oxygen atoms in total. The largest absolute Gasteiger partial charge is 0.780 e. The molecule has 0 N–H and O–H groups in total. The summed E-state index contributed by atoms with van der Waals surface area (Å²) < 4.78 is 8.85. The third-order valence-electron chi connectivity index (χ3n) is 0.511. The van der Waals surface area contributed by atoms with Crippen LogP contribution in [0.15, 0.2) is 0 Å². The maximum absolute atomic E-state index is 10.6. The van der Waals surface area contributed by atoms with E-state index in [9.17, 15) is 4.89 Å². The lowest BCUT2D eigenvalue weighted by molar-refractivity contribution is -0.203. The van der Waals surface area contributed by atoms with Gasteiger partial charge in [-0.3, -0.25) is 0 Å². The van der Waals surface area contributed by atoms with Gasteiger partial charge in [0.2, 0.25) is 0 Å². The van der Waals surface area contributed by atoms with E-state index in [0.717, 1.165) is 0 Å². The van der Waals surface area contributed by atoms with Crippen molar-refractivity contribution in [2.75, 3.05) is 13.7 Å². The summed E-state index contributed by atoms with van der Waals surface area (Å²) in [6.07, 6.45) is 0. The summed E-state index contributed by atoms with van der Waals surface area (Å²) in [6, 6.07) is 0. The molecule has 0 aromatic heterocycles. The molecule has 0 aliphatic rings. The predicted molar refractivity (Wildman–Crippen MR) is 32.9 cm³/mol. The van der Waals surface area contributed by atoms with Gasteiger partial charge in [-0.1, -0.05) is 11.8 Å². The fraction of sp³-hybridized carbons (Fsp3) is 1.00. The van der Waals surface area contributed by atoms with E-state index in [1.807, 2.05) is 0 Å². The molecule has 0 saturated carbocycles. The highest BCUT2D eigenvalue weighted by atomic mass is 32.5. The monoisotopic (exact) mass is 155 g/mol. The molecule has 5 heteroatoms. The third-order valence-corrected chi connectivity index (χ3v) is 2.30. The minimum Gasteiger partial charge on any atom is -0.780 e. The molecule has 0 aliphatic carbocycles. The van der Waals surface area contributed by atoms with Crippen molar-refractivity contribution < 1.29 is 13.9 Å². The quantitative estimate of drug-likeness (QED) is 0.548. The molecule has 1 unspecified atom stereocenters. The Morgan fingerprint density at radius 2 is 2.25 bits per heavy atom. The van der Waals surface area contributed by atoms with Gasteiger partial charge in [0.25, 0.3) is 0 Å². The van der Waals surface area contributed by atoms with E-state index in [0.29, 0.717) is 6.61 Å². The predicted octanol–water partition coefficient (Wildman–Crippen LogP) is 0.254. The summed E-state index contributed by atoms with van der Waals surface area (Å²) in [7, 11) is 1.27. The number of hydrogen-bond acceptors (Lipinski definition) is 4. The van der Waals surface area contributed by atoms with Gasteiger partial charge < -0.3 is 13.9 Å². The highest BCUT2D eigenvalue weighted by Crippen LogP contribution is 2.36. The van der Waals surface area contributed by atoms with E-state index in [2.05, 4.69) is 20.9 Å². The van der Waals surface area contributed by atoms with Gasteiger partial charge in [-0.2, -0.15) is 0 Å². The molecule has 0 aliphatic heterocycles. The first kappa shape index (κ1) is 8.53. The summed E-state index contributed by atoms with van der Waals surface area (Å²) in [6.45, 7) is -1.06.